The molecule has 0 amide bonds. The zero-order chi connectivity index (χ0) is 42.0. The largest absolute Gasteiger partial charge is 0.310 e. The Hall–Kier alpha value is -7.16. The van der Waals surface area contributed by atoms with Gasteiger partial charge in [-0.15, -0.1) is 0 Å². The van der Waals surface area contributed by atoms with Gasteiger partial charge in [0.2, 0.25) is 0 Å². The van der Waals surface area contributed by atoms with Gasteiger partial charge >= 0.3 is 0 Å². The van der Waals surface area contributed by atoms with E-state index < -0.39 is 0 Å². The second-order valence-corrected chi connectivity index (χ2v) is 17.7. The lowest BCUT2D eigenvalue weighted by atomic mass is 9.81. The zero-order valence-electron chi connectivity index (χ0n) is 36.0. The standard InChI is InChI=1S/C60H50N2/c1-5-6-15-41-24-30-47(31-25-41)61(46-28-22-40(2)23-29-46)58-39-55-59(50-21-14-13-20-49(50)58)51-33-32-48(38-54(51)60(55,3)4)62-56-34-26-44(42-16-9-7-10-17-42)36-52(56)53-37-45(27-35-57(53)62)43-18-11-8-12-19-43/h7-14,16-39H,5-6,15H2,1-4H3. The molecule has 62 heavy (non-hydrogen) atoms. The fourth-order valence-electron chi connectivity index (χ4n) is 10.1. The van der Waals surface area contributed by atoms with Gasteiger partial charge in [0.15, 0.2) is 0 Å². The first-order valence-corrected chi connectivity index (χ1v) is 22.2. The molecule has 0 unspecified atom stereocenters. The molecule has 1 aromatic heterocycles. The maximum Gasteiger partial charge on any atom is 0.0543 e. The highest BCUT2D eigenvalue weighted by Gasteiger charge is 2.38. The number of anilines is 3. The number of aromatic nitrogens is 1. The zero-order valence-corrected chi connectivity index (χ0v) is 36.0. The van der Waals surface area contributed by atoms with Crippen LogP contribution in [0.5, 0.6) is 0 Å². The van der Waals surface area contributed by atoms with Gasteiger partial charge in [0.05, 0.1) is 16.7 Å². The van der Waals surface area contributed by atoms with E-state index in [2.05, 4.69) is 231 Å². The summed E-state index contributed by atoms with van der Waals surface area (Å²) in [6, 6.07) is 72.5. The van der Waals surface area contributed by atoms with Crippen molar-refractivity contribution in [2.45, 2.75) is 52.4 Å². The molecule has 0 atom stereocenters. The summed E-state index contributed by atoms with van der Waals surface area (Å²) < 4.78 is 2.49. The molecule has 0 saturated heterocycles. The molecule has 1 aliphatic rings. The minimum atomic E-state index is -0.262. The van der Waals surface area contributed by atoms with Crippen molar-refractivity contribution in [3.05, 3.63) is 216 Å². The van der Waals surface area contributed by atoms with E-state index in [1.807, 2.05) is 0 Å². The molecule has 0 radical (unpaired) electrons. The molecule has 0 aliphatic heterocycles. The second kappa shape index (κ2) is 15.1. The van der Waals surface area contributed by atoms with Crippen LogP contribution in [0, 0.1) is 6.92 Å². The lowest BCUT2D eigenvalue weighted by molar-refractivity contribution is 0.660. The molecular formula is C60H50N2. The van der Waals surface area contributed by atoms with Crippen molar-refractivity contribution in [3.8, 4) is 39.1 Å². The number of hydrogen-bond acceptors (Lipinski definition) is 1. The van der Waals surface area contributed by atoms with Crippen molar-refractivity contribution in [1.82, 2.24) is 4.57 Å². The van der Waals surface area contributed by atoms with E-state index in [1.165, 1.54) is 118 Å². The predicted octanol–water partition coefficient (Wildman–Crippen LogP) is 16.7. The monoisotopic (exact) mass is 798 g/mol. The smallest absolute Gasteiger partial charge is 0.0543 e. The molecule has 1 heterocycles. The highest BCUT2D eigenvalue weighted by atomic mass is 15.1. The highest BCUT2D eigenvalue weighted by Crippen LogP contribution is 2.55. The van der Waals surface area contributed by atoms with E-state index in [9.17, 15) is 0 Å². The SMILES string of the molecule is CCCCc1ccc(N(c2ccc(C)cc2)c2cc3c(c4ccccc24)-c2ccc(-n4c5ccc(-c6ccccc6)cc5c5cc(-c6ccccc6)ccc54)cc2C3(C)C)cc1. The summed E-state index contributed by atoms with van der Waals surface area (Å²) in [5.41, 5.74) is 19.8. The van der Waals surface area contributed by atoms with E-state index in [4.69, 9.17) is 0 Å². The van der Waals surface area contributed by atoms with E-state index in [-0.39, 0.29) is 5.41 Å². The van der Waals surface area contributed by atoms with Gasteiger partial charge in [0, 0.05) is 38.6 Å². The van der Waals surface area contributed by atoms with Gasteiger partial charge in [-0.05, 0) is 142 Å². The fraction of sp³-hybridized carbons (Fsp3) is 0.133. The molecule has 11 rings (SSSR count). The average Bonchev–Trinajstić information content (AvgIpc) is 3.76. The number of hydrogen-bond donors (Lipinski definition) is 0. The lowest BCUT2D eigenvalue weighted by Gasteiger charge is -2.30. The number of nitrogens with zero attached hydrogens (tertiary/aromatic N) is 2. The highest BCUT2D eigenvalue weighted by molar-refractivity contribution is 6.13. The Bertz CT molecular complexity index is 3180. The van der Waals surface area contributed by atoms with Crippen molar-refractivity contribution >= 4 is 49.6 Å². The molecule has 9 aromatic carbocycles. The van der Waals surface area contributed by atoms with Crippen LogP contribution in [0.4, 0.5) is 17.1 Å². The van der Waals surface area contributed by atoms with Crippen LogP contribution in [0.15, 0.2) is 194 Å². The van der Waals surface area contributed by atoms with Gasteiger partial charge in [-0.1, -0.05) is 160 Å². The quantitative estimate of drug-likeness (QED) is 0.141. The third-order valence-corrected chi connectivity index (χ3v) is 13.4. The fourth-order valence-corrected chi connectivity index (χ4v) is 10.1. The summed E-state index contributed by atoms with van der Waals surface area (Å²) in [6.45, 7) is 9.27. The van der Waals surface area contributed by atoms with Crippen LogP contribution in [0.1, 0.15) is 55.9 Å². The average molecular weight is 799 g/mol. The summed E-state index contributed by atoms with van der Waals surface area (Å²) in [5, 5.41) is 5.05. The van der Waals surface area contributed by atoms with Crippen molar-refractivity contribution in [2.75, 3.05) is 4.90 Å². The molecule has 0 N–H and O–H groups in total. The molecule has 10 aromatic rings. The van der Waals surface area contributed by atoms with Gasteiger partial charge < -0.3 is 9.47 Å². The molecule has 0 saturated carbocycles. The Morgan fingerprint density at radius 3 is 1.65 bits per heavy atom. The Kier molecular flexibility index (Phi) is 9.20. The molecule has 1 aliphatic carbocycles. The maximum absolute atomic E-state index is 2.50. The van der Waals surface area contributed by atoms with E-state index in [1.54, 1.807) is 0 Å². The number of rotatable bonds is 9. The number of fused-ring (bicyclic) bond motifs is 8. The number of benzene rings is 9. The summed E-state index contributed by atoms with van der Waals surface area (Å²) in [4.78, 5) is 2.47. The number of unbranched alkanes of at least 4 members (excludes halogenated alkanes) is 1. The molecule has 2 nitrogen and oxygen atoms in total. The first-order chi connectivity index (χ1) is 30.4. The third kappa shape index (κ3) is 6.24. The van der Waals surface area contributed by atoms with Gasteiger partial charge in [-0.25, -0.2) is 0 Å². The first kappa shape index (κ1) is 37.8. The van der Waals surface area contributed by atoms with Crippen LogP contribution >= 0.6 is 0 Å². The Labute approximate surface area is 365 Å². The molecule has 2 heteroatoms. The molecule has 0 spiro atoms. The van der Waals surface area contributed by atoms with Crippen LogP contribution < -0.4 is 4.90 Å². The Morgan fingerprint density at radius 1 is 0.484 bits per heavy atom. The normalized spacial score (nSPS) is 12.8. The van der Waals surface area contributed by atoms with Crippen molar-refractivity contribution in [1.29, 1.82) is 0 Å². The van der Waals surface area contributed by atoms with E-state index >= 15 is 0 Å². The summed E-state index contributed by atoms with van der Waals surface area (Å²) >= 11 is 0. The van der Waals surface area contributed by atoms with Crippen LogP contribution in [-0.2, 0) is 11.8 Å². The van der Waals surface area contributed by atoms with Gasteiger partial charge in [0.25, 0.3) is 0 Å². The molecule has 0 bridgehead atoms. The van der Waals surface area contributed by atoms with Crippen LogP contribution in [-0.4, -0.2) is 4.57 Å². The Morgan fingerprint density at radius 2 is 1.05 bits per heavy atom. The summed E-state index contributed by atoms with van der Waals surface area (Å²) in [6.07, 6.45) is 3.51. The second-order valence-electron chi connectivity index (χ2n) is 17.7. The number of aryl methyl sites for hydroxylation is 2. The van der Waals surface area contributed by atoms with Crippen molar-refractivity contribution in [2.24, 2.45) is 0 Å². The van der Waals surface area contributed by atoms with Crippen LogP contribution in [0.3, 0.4) is 0 Å². The van der Waals surface area contributed by atoms with Crippen LogP contribution in [0.2, 0.25) is 0 Å². The van der Waals surface area contributed by atoms with Gasteiger partial charge in [0.1, 0.15) is 0 Å². The minimum Gasteiger partial charge on any atom is -0.310 e. The van der Waals surface area contributed by atoms with E-state index in [0.717, 1.165) is 12.1 Å². The molecule has 300 valence electrons. The summed E-state index contributed by atoms with van der Waals surface area (Å²) in [5.74, 6) is 0. The van der Waals surface area contributed by atoms with Crippen molar-refractivity contribution in [3.63, 3.8) is 0 Å². The van der Waals surface area contributed by atoms with E-state index in [0.29, 0.717) is 0 Å². The topological polar surface area (TPSA) is 8.17 Å². The minimum absolute atomic E-state index is 0.262. The third-order valence-electron chi connectivity index (χ3n) is 13.4. The van der Waals surface area contributed by atoms with Crippen molar-refractivity contribution < 1.29 is 0 Å². The predicted molar refractivity (Wildman–Crippen MR) is 265 cm³/mol. The maximum atomic E-state index is 2.50. The lowest BCUT2D eigenvalue weighted by Crippen LogP contribution is -2.17. The molecular weight excluding hydrogens is 749 g/mol. The van der Waals surface area contributed by atoms with Gasteiger partial charge in [-0.3, -0.25) is 0 Å². The van der Waals surface area contributed by atoms with Gasteiger partial charge in [-0.2, -0.15) is 0 Å². The van der Waals surface area contributed by atoms with Crippen LogP contribution in [0.25, 0.3) is 71.6 Å². The Balaban J connectivity index is 1.09. The first-order valence-electron chi connectivity index (χ1n) is 22.2. The molecule has 0 fully saturated rings. The summed E-state index contributed by atoms with van der Waals surface area (Å²) in [7, 11) is 0.